The van der Waals surface area contributed by atoms with Crippen molar-refractivity contribution in [1.29, 1.82) is 5.26 Å². The molecule has 67 heavy (non-hydrogen) atoms. The van der Waals surface area contributed by atoms with Gasteiger partial charge in [0.2, 0.25) is 17.7 Å². The number of carbonyl (C=O) groups is 5. The summed E-state index contributed by atoms with van der Waals surface area (Å²) in [6, 6.07) is 10.7. The van der Waals surface area contributed by atoms with E-state index < -0.39 is 11.9 Å². The predicted molar refractivity (Wildman–Crippen MR) is 243 cm³/mol. The van der Waals surface area contributed by atoms with E-state index >= 15 is 0 Å². The van der Waals surface area contributed by atoms with Crippen LogP contribution in [0.25, 0.3) is 16.9 Å². The van der Waals surface area contributed by atoms with Gasteiger partial charge >= 0.3 is 0 Å². The number of benzene rings is 1. The van der Waals surface area contributed by atoms with E-state index in [-0.39, 0.29) is 42.0 Å². The van der Waals surface area contributed by atoms with Gasteiger partial charge in [0, 0.05) is 91.8 Å². The molecule has 1 unspecified atom stereocenters. The maximum atomic E-state index is 13.6. The Labute approximate surface area is 388 Å². The zero-order valence-electron chi connectivity index (χ0n) is 37.7. The second-order valence-corrected chi connectivity index (χ2v) is 17.2. The Morgan fingerprint density at radius 2 is 1.57 bits per heavy atom. The molecule has 0 radical (unpaired) electrons. The Hall–Kier alpha value is -6.53. The number of fused-ring (bicyclic) bond motifs is 2. The monoisotopic (exact) mass is 919 g/mol. The highest BCUT2D eigenvalue weighted by atomic mass is 16.6. The summed E-state index contributed by atoms with van der Waals surface area (Å²) in [5, 5.41) is 26.7. The van der Waals surface area contributed by atoms with E-state index in [2.05, 4.69) is 42.4 Å². The van der Waals surface area contributed by atoms with Crippen LogP contribution in [0.4, 0.5) is 11.4 Å². The molecule has 20 heteroatoms. The molecular formula is C47H57N11O9. The van der Waals surface area contributed by atoms with E-state index in [0.29, 0.717) is 144 Å². The van der Waals surface area contributed by atoms with Gasteiger partial charge < -0.3 is 44.7 Å². The molecule has 1 aromatic carbocycles. The quantitative estimate of drug-likeness (QED) is 0.0618. The van der Waals surface area contributed by atoms with Gasteiger partial charge in [-0.15, -0.1) is 0 Å². The summed E-state index contributed by atoms with van der Waals surface area (Å²) in [7, 11) is 1.79. The summed E-state index contributed by atoms with van der Waals surface area (Å²) in [6.07, 6.45) is 10.0. The van der Waals surface area contributed by atoms with Gasteiger partial charge in [-0.1, -0.05) is 6.07 Å². The molecule has 4 aromatic rings. The highest BCUT2D eigenvalue weighted by Gasteiger charge is 2.40. The van der Waals surface area contributed by atoms with E-state index in [1.807, 2.05) is 12.1 Å². The van der Waals surface area contributed by atoms with Crippen molar-refractivity contribution in [2.24, 2.45) is 5.92 Å². The summed E-state index contributed by atoms with van der Waals surface area (Å²) < 4.78 is 24.2. The molecule has 0 spiro atoms. The Kier molecular flexibility index (Phi) is 15.6. The number of ether oxygens (including phenoxy) is 4. The largest absolute Gasteiger partial charge is 0.382 e. The minimum absolute atomic E-state index is 0.0544. The van der Waals surface area contributed by atoms with Gasteiger partial charge in [0.25, 0.3) is 11.8 Å². The van der Waals surface area contributed by atoms with Crippen molar-refractivity contribution in [2.75, 3.05) is 83.6 Å². The van der Waals surface area contributed by atoms with Crippen LogP contribution in [-0.2, 0) is 39.9 Å². The van der Waals surface area contributed by atoms with Crippen LogP contribution in [0.5, 0.6) is 0 Å². The molecule has 4 N–H and O–H groups in total. The van der Waals surface area contributed by atoms with E-state index in [0.717, 1.165) is 29.5 Å². The summed E-state index contributed by atoms with van der Waals surface area (Å²) in [5.41, 5.74) is 4.34. The number of carbonyl (C=O) groups excluding carboxylic acids is 5. The molecule has 2 aliphatic heterocycles. The number of hydrogen-bond donors (Lipinski definition) is 4. The third kappa shape index (κ3) is 11.9. The number of likely N-dealkylation sites (N-methyl/N-ethyl adjacent to an activating group) is 1. The summed E-state index contributed by atoms with van der Waals surface area (Å²) in [5.74, 6) is -0.680. The molecule has 20 nitrogen and oxygen atoms in total. The first-order valence-electron chi connectivity index (χ1n) is 23.0. The van der Waals surface area contributed by atoms with Crippen molar-refractivity contribution in [2.45, 2.75) is 76.0 Å². The topological polar surface area (TPSA) is 244 Å². The number of hydrogen-bond acceptors (Lipinski definition) is 15. The zero-order valence-corrected chi connectivity index (χ0v) is 37.7. The number of nitriles is 1. The van der Waals surface area contributed by atoms with E-state index in [9.17, 15) is 29.2 Å². The van der Waals surface area contributed by atoms with Gasteiger partial charge in [-0.05, 0) is 63.1 Å². The van der Waals surface area contributed by atoms with Gasteiger partial charge in [0.15, 0.2) is 11.5 Å². The van der Waals surface area contributed by atoms with Crippen LogP contribution in [0.2, 0.25) is 0 Å². The molecule has 8 rings (SSSR count). The predicted octanol–water partition coefficient (Wildman–Crippen LogP) is 2.95. The normalized spacial score (nSPS) is 19.2. The molecule has 4 aliphatic rings. The number of piperidine rings is 1. The lowest BCUT2D eigenvalue weighted by atomic mass is 9.85. The van der Waals surface area contributed by atoms with Gasteiger partial charge in [-0.25, -0.2) is 9.97 Å². The van der Waals surface area contributed by atoms with Gasteiger partial charge in [0.1, 0.15) is 12.1 Å². The SMILES string of the molecule is CN(CCOCCOCCOCCOCCNc1cccc2c1CN(C1CCC(=O)NC1=O)C2=O)C(=O)[C@H]1CC[C@H](NC(=O)c2cnc(-n3ncc4cc(C#N)cnc43)cc2NC2CC2)CC1. The maximum Gasteiger partial charge on any atom is 0.255 e. The third-order valence-electron chi connectivity index (χ3n) is 12.4. The zero-order chi connectivity index (χ0) is 46.7. The van der Waals surface area contributed by atoms with Crippen molar-refractivity contribution in [3.05, 3.63) is 71.2 Å². The molecule has 0 bridgehead atoms. The maximum absolute atomic E-state index is 13.6. The lowest BCUT2D eigenvalue weighted by Gasteiger charge is -2.31. The van der Waals surface area contributed by atoms with Crippen molar-refractivity contribution in [3.8, 4) is 11.9 Å². The van der Waals surface area contributed by atoms with Crippen molar-refractivity contribution < 1.29 is 42.9 Å². The Morgan fingerprint density at radius 3 is 2.28 bits per heavy atom. The van der Waals surface area contributed by atoms with Gasteiger partial charge in [0.05, 0.1) is 75.9 Å². The fraction of sp³-hybridized carbons (Fsp3) is 0.511. The van der Waals surface area contributed by atoms with Crippen LogP contribution in [-0.4, -0.2) is 150 Å². The number of rotatable bonds is 23. The average molecular weight is 920 g/mol. The molecule has 5 heterocycles. The standard InChI is InChI=1S/C47H57N11O9/c1-56(14-16-65-18-20-67-22-21-66-19-17-64-15-13-49-38-4-2-3-35-37(38)29-57(47(35)63)40-11-12-42(59)55-45(40)61)46(62)31-5-7-34(8-6-31)54-44(60)36-28-50-41(24-39(36)53-33-9-10-33)58-43-32(27-52-58)23-30(25-48)26-51-43/h2-4,23-24,26-28,31,33-34,40,49H,5-22,29H2,1H3,(H,50,53)(H,54,60)(H,55,59,61)/t31-,34-,40?. The van der Waals surface area contributed by atoms with Crippen molar-refractivity contribution >= 4 is 51.9 Å². The lowest BCUT2D eigenvalue weighted by molar-refractivity contribution is -0.137. The van der Waals surface area contributed by atoms with Crippen LogP contribution in [0.1, 0.15) is 83.2 Å². The molecule has 5 amide bonds. The highest BCUT2D eigenvalue weighted by Crippen LogP contribution is 2.33. The Bertz CT molecular complexity index is 2480. The fourth-order valence-corrected chi connectivity index (χ4v) is 8.60. The number of amides is 5. The first-order valence-corrected chi connectivity index (χ1v) is 23.0. The second-order valence-electron chi connectivity index (χ2n) is 17.2. The fourth-order valence-electron chi connectivity index (χ4n) is 8.60. The van der Waals surface area contributed by atoms with Gasteiger partial charge in [-0.2, -0.15) is 15.0 Å². The summed E-state index contributed by atoms with van der Waals surface area (Å²) in [6.45, 7) is 4.57. The number of anilines is 2. The van der Waals surface area contributed by atoms with Crippen molar-refractivity contribution in [1.82, 2.24) is 40.2 Å². The van der Waals surface area contributed by atoms with E-state index in [1.165, 1.54) is 11.1 Å². The van der Waals surface area contributed by atoms with Crippen LogP contribution >= 0.6 is 0 Å². The molecule has 354 valence electrons. The lowest BCUT2D eigenvalue weighted by Crippen LogP contribution is -2.52. The molecular weight excluding hydrogens is 863 g/mol. The van der Waals surface area contributed by atoms with Crippen LogP contribution in [0, 0.1) is 17.2 Å². The van der Waals surface area contributed by atoms with Crippen LogP contribution in [0.3, 0.4) is 0 Å². The second kappa shape index (κ2) is 22.3. The van der Waals surface area contributed by atoms with Gasteiger partial charge in [-0.3, -0.25) is 29.3 Å². The molecule has 3 aromatic heterocycles. The third-order valence-corrected chi connectivity index (χ3v) is 12.4. The Balaban J connectivity index is 0.644. The van der Waals surface area contributed by atoms with Crippen LogP contribution in [0.15, 0.2) is 48.9 Å². The number of nitrogens with one attached hydrogen (secondary N) is 4. The molecule has 2 saturated carbocycles. The first-order chi connectivity index (χ1) is 32.7. The highest BCUT2D eigenvalue weighted by molar-refractivity contribution is 6.06. The number of nitrogens with zero attached hydrogens (tertiary/aromatic N) is 7. The van der Waals surface area contributed by atoms with E-state index in [1.54, 1.807) is 47.2 Å². The minimum atomic E-state index is -0.655. The van der Waals surface area contributed by atoms with Crippen LogP contribution < -0.4 is 21.3 Å². The van der Waals surface area contributed by atoms with E-state index in [4.69, 9.17) is 18.9 Å². The van der Waals surface area contributed by atoms with Crippen molar-refractivity contribution in [3.63, 3.8) is 0 Å². The Morgan fingerprint density at radius 1 is 0.851 bits per heavy atom. The molecule has 2 aliphatic carbocycles. The average Bonchev–Trinajstić information content (AvgIpc) is 3.95. The summed E-state index contributed by atoms with van der Waals surface area (Å²) in [4.78, 5) is 76.0. The molecule has 1 saturated heterocycles. The summed E-state index contributed by atoms with van der Waals surface area (Å²) >= 11 is 0. The number of imide groups is 1. The minimum Gasteiger partial charge on any atom is -0.382 e. The molecule has 1 atom stereocenters. The number of aromatic nitrogens is 4. The smallest absolute Gasteiger partial charge is 0.255 e. The first kappa shape index (κ1) is 47.0. The number of pyridine rings is 2. The molecule has 3 fully saturated rings.